The lowest BCUT2D eigenvalue weighted by atomic mass is 10.1. The van der Waals surface area contributed by atoms with Crippen molar-refractivity contribution in [1.29, 1.82) is 0 Å². The Morgan fingerprint density at radius 3 is 2.64 bits per heavy atom. The maximum absolute atomic E-state index is 13.8. The molecule has 2 fully saturated rings. The highest BCUT2D eigenvalue weighted by Gasteiger charge is 2.29. The summed E-state index contributed by atoms with van der Waals surface area (Å²) in [6.45, 7) is 7.27. The van der Waals surface area contributed by atoms with Crippen molar-refractivity contribution in [1.82, 2.24) is 24.9 Å². The molecule has 0 spiro atoms. The van der Waals surface area contributed by atoms with E-state index in [1.165, 1.54) is 19.4 Å². The van der Waals surface area contributed by atoms with Crippen LogP contribution >= 0.6 is 11.6 Å². The highest BCUT2D eigenvalue weighted by Crippen LogP contribution is 2.37. The van der Waals surface area contributed by atoms with Crippen molar-refractivity contribution in [2.45, 2.75) is 32.9 Å². The molecule has 3 heterocycles. The van der Waals surface area contributed by atoms with Gasteiger partial charge in [-0.05, 0) is 61.1 Å². The molecule has 1 aromatic heterocycles. The van der Waals surface area contributed by atoms with E-state index >= 15 is 0 Å². The molecule has 3 aromatic rings. The van der Waals surface area contributed by atoms with E-state index in [-0.39, 0.29) is 11.9 Å². The fourth-order valence-electron chi connectivity index (χ4n) is 5.39. The minimum atomic E-state index is -0.191. The molecule has 1 saturated heterocycles. The van der Waals surface area contributed by atoms with E-state index in [1.54, 1.807) is 27.9 Å². The zero-order chi connectivity index (χ0) is 27.1. The molecule has 39 heavy (non-hydrogen) atoms. The molecular formula is C29H34ClN7O2. The minimum Gasteiger partial charge on any atom is -0.338 e. The van der Waals surface area contributed by atoms with Crippen LogP contribution in [0.3, 0.4) is 0 Å². The van der Waals surface area contributed by atoms with Crippen LogP contribution in [0.25, 0.3) is 0 Å². The van der Waals surface area contributed by atoms with Gasteiger partial charge in [-0.25, -0.2) is 4.79 Å². The van der Waals surface area contributed by atoms with Crippen molar-refractivity contribution in [3.63, 3.8) is 0 Å². The van der Waals surface area contributed by atoms with Crippen molar-refractivity contribution < 1.29 is 9.59 Å². The van der Waals surface area contributed by atoms with Gasteiger partial charge < -0.3 is 20.4 Å². The predicted octanol–water partition coefficient (Wildman–Crippen LogP) is 4.52. The predicted molar refractivity (Wildman–Crippen MR) is 153 cm³/mol. The molecule has 0 bridgehead atoms. The van der Waals surface area contributed by atoms with Gasteiger partial charge in [-0.15, -0.1) is 0 Å². The standard InChI is InChI=1S/C29H34ClN7O2/c1-19-3-8-26-25(13-19)33-27-22(16-32-34(27)2)18-37(26)28(38)23-7-6-21(14-24(23)30)15-31-29(39)36-11-9-35(10-12-36)17-20-4-5-20/h3,6-8,13-14,16,20,33H,4-5,9-12,15,17-18H2,1-2H3,(H,31,39). The number of fused-ring (bicyclic) bond motifs is 2. The van der Waals surface area contributed by atoms with Gasteiger partial charge in [0.05, 0.1) is 34.7 Å². The number of carbonyl (C=O) groups excluding carboxylic acids is 2. The first kappa shape index (κ1) is 25.7. The maximum atomic E-state index is 13.8. The van der Waals surface area contributed by atoms with Gasteiger partial charge in [0.15, 0.2) is 0 Å². The number of benzene rings is 2. The van der Waals surface area contributed by atoms with Gasteiger partial charge in [0.25, 0.3) is 5.91 Å². The number of nitrogens with one attached hydrogen (secondary N) is 2. The van der Waals surface area contributed by atoms with Crippen molar-refractivity contribution in [2.24, 2.45) is 13.0 Å². The van der Waals surface area contributed by atoms with E-state index in [2.05, 4.69) is 20.6 Å². The van der Waals surface area contributed by atoms with Crippen LogP contribution in [-0.2, 0) is 20.1 Å². The van der Waals surface area contributed by atoms with Gasteiger partial charge >= 0.3 is 6.03 Å². The number of piperazine rings is 1. The summed E-state index contributed by atoms with van der Waals surface area (Å²) >= 11 is 6.66. The molecule has 0 radical (unpaired) electrons. The summed E-state index contributed by atoms with van der Waals surface area (Å²) in [6.07, 6.45) is 4.48. The molecular weight excluding hydrogens is 514 g/mol. The van der Waals surface area contributed by atoms with Crippen molar-refractivity contribution >= 4 is 40.7 Å². The fourth-order valence-corrected chi connectivity index (χ4v) is 5.67. The number of carbonyl (C=O) groups is 2. The largest absolute Gasteiger partial charge is 0.338 e. The second kappa shape index (κ2) is 10.5. The summed E-state index contributed by atoms with van der Waals surface area (Å²) in [7, 11) is 1.88. The van der Waals surface area contributed by atoms with Crippen LogP contribution in [0.1, 0.15) is 39.9 Å². The Balaban J connectivity index is 1.13. The smallest absolute Gasteiger partial charge is 0.317 e. The number of nitrogens with zero attached hydrogens (tertiary/aromatic N) is 5. The van der Waals surface area contributed by atoms with Crippen LogP contribution in [0, 0.1) is 12.8 Å². The molecule has 9 nitrogen and oxygen atoms in total. The zero-order valence-corrected chi connectivity index (χ0v) is 23.2. The van der Waals surface area contributed by atoms with Crippen molar-refractivity contribution in [2.75, 3.05) is 42.9 Å². The Labute approximate surface area is 233 Å². The number of hydrogen-bond acceptors (Lipinski definition) is 5. The van der Waals surface area contributed by atoms with Crippen LogP contribution in [-0.4, -0.2) is 64.2 Å². The molecule has 2 N–H and O–H groups in total. The summed E-state index contributed by atoms with van der Waals surface area (Å²) in [4.78, 5) is 32.6. The summed E-state index contributed by atoms with van der Waals surface area (Å²) in [6, 6.07) is 11.3. The number of urea groups is 1. The topological polar surface area (TPSA) is 85.7 Å². The van der Waals surface area contributed by atoms with E-state index in [4.69, 9.17) is 11.6 Å². The van der Waals surface area contributed by atoms with Crippen LogP contribution in [0.15, 0.2) is 42.6 Å². The summed E-state index contributed by atoms with van der Waals surface area (Å²) < 4.78 is 1.78. The number of rotatable bonds is 5. The highest BCUT2D eigenvalue weighted by atomic mass is 35.5. The van der Waals surface area contributed by atoms with E-state index in [0.29, 0.717) is 23.7 Å². The Morgan fingerprint density at radius 1 is 1.10 bits per heavy atom. The van der Waals surface area contributed by atoms with E-state index < -0.39 is 0 Å². The zero-order valence-electron chi connectivity index (χ0n) is 22.4. The molecule has 6 rings (SSSR count). The van der Waals surface area contributed by atoms with Crippen LogP contribution in [0.5, 0.6) is 0 Å². The van der Waals surface area contributed by atoms with Gasteiger partial charge in [0, 0.05) is 51.9 Å². The van der Waals surface area contributed by atoms with E-state index in [1.807, 2.05) is 43.1 Å². The third kappa shape index (κ3) is 5.46. The Hall–Kier alpha value is -3.56. The lowest BCUT2D eigenvalue weighted by Gasteiger charge is -2.34. The van der Waals surface area contributed by atoms with Crippen molar-refractivity contribution in [3.05, 3.63) is 69.9 Å². The number of hydrogen-bond donors (Lipinski definition) is 2. The van der Waals surface area contributed by atoms with Gasteiger partial charge in [-0.2, -0.15) is 5.10 Å². The molecule has 204 valence electrons. The SMILES string of the molecule is Cc1ccc2c(c1)Nc1c(cnn1C)CN2C(=O)c1ccc(CNC(=O)N2CCN(CC3CC3)CC2)cc1Cl. The maximum Gasteiger partial charge on any atom is 0.317 e. The number of amides is 3. The van der Waals surface area contributed by atoms with Gasteiger partial charge in [0.1, 0.15) is 5.82 Å². The van der Waals surface area contributed by atoms with Crippen LogP contribution in [0.4, 0.5) is 22.0 Å². The quantitative estimate of drug-likeness (QED) is 0.490. The van der Waals surface area contributed by atoms with Gasteiger partial charge in [-0.1, -0.05) is 23.7 Å². The lowest BCUT2D eigenvalue weighted by Crippen LogP contribution is -2.51. The van der Waals surface area contributed by atoms with Crippen LogP contribution < -0.4 is 15.5 Å². The van der Waals surface area contributed by atoms with Gasteiger partial charge in [-0.3, -0.25) is 14.4 Å². The van der Waals surface area contributed by atoms with E-state index in [0.717, 1.165) is 66.0 Å². The number of halogens is 1. The fraction of sp³-hybridized carbons (Fsp3) is 0.414. The molecule has 2 aromatic carbocycles. The normalized spacial score (nSPS) is 17.2. The first-order valence-corrected chi connectivity index (χ1v) is 14.0. The minimum absolute atomic E-state index is 0.0615. The number of anilines is 3. The third-order valence-corrected chi connectivity index (χ3v) is 8.18. The molecule has 1 saturated carbocycles. The second-order valence-electron chi connectivity index (χ2n) is 10.9. The second-order valence-corrected chi connectivity index (χ2v) is 11.3. The van der Waals surface area contributed by atoms with Gasteiger partial charge in [0.2, 0.25) is 0 Å². The lowest BCUT2D eigenvalue weighted by molar-refractivity contribution is 0.0985. The molecule has 1 aliphatic carbocycles. The molecule has 0 atom stereocenters. The first-order chi connectivity index (χ1) is 18.9. The molecule has 3 aliphatic rings. The summed E-state index contributed by atoms with van der Waals surface area (Å²) in [5.41, 5.74) is 4.89. The number of aryl methyl sites for hydroxylation is 2. The summed E-state index contributed by atoms with van der Waals surface area (Å²) in [5.74, 6) is 1.54. The monoisotopic (exact) mass is 547 g/mol. The Morgan fingerprint density at radius 2 is 1.90 bits per heavy atom. The Bertz CT molecular complexity index is 1410. The molecule has 2 aliphatic heterocycles. The first-order valence-electron chi connectivity index (χ1n) is 13.6. The average Bonchev–Trinajstić information content (AvgIpc) is 3.71. The summed E-state index contributed by atoms with van der Waals surface area (Å²) in [5, 5.41) is 11.2. The highest BCUT2D eigenvalue weighted by molar-refractivity contribution is 6.34. The van der Waals surface area contributed by atoms with E-state index in [9.17, 15) is 9.59 Å². The third-order valence-electron chi connectivity index (χ3n) is 7.86. The molecule has 10 heteroatoms. The Kier molecular flexibility index (Phi) is 6.95. The number of aromatic nitrogens is 2. The van der Waals surface area contributed by atoms with Crippen molar-refractivity contribution in [3.8, 4) is 0 Å². The molecule has 3 amide bonds. The van der Waals surface area contributed by atoms with Crippen LogP contribution in [0.2, 0.25) is 5.02 Å². The molecule has 0 unspecified atom stereocenters. The average molecular weight is 548 g/mol.